The zero-order valence-corrected chi connectivity index (χ0v) is 41.0. The van der Waals surface area contributed by atoms with Gasteiger partial charge in [0.15, 0.2) is 5.96 Å². The standard InChI is InChI=1S/C6H18O24P6.CH5N3.6Ca/c7-31(8,9)25-1-2(26-32(10,11)12)4(28-34(16,17)18)6(30-36(22,23)24)5(29-35(19,20)21)3(1)27-33(13,14)15;2-1(3)4;;;;;;/h1-6H,(H2,7,8,9)(H2,10,11,12)(H2,13,14,15)(H2,16,17,18)(H2,19,20,21)(H2,22,23,24);(H5,2,3,4);;;;;;/q;;6*+2/p-12/t1-,2-,3-,4+,5-,6-;;;;;;;. The van der Waals surface area contributed by atoms with Crippen LogP contribution >= 0.6 is 46.9 Å². The summed E-state index contributed by atoms with van der Waals surface area (Å²) < 4.78 is 88.3. The van der Waals surface area contributed by atoms with E-state index < -0.39 is 83.6 Å². The average molecular weight is 947 g/mol. The van der Waals surface area contributed by atoms with Crippen molar-refractivity contribution in [3.8, 4) is 0 Å². The van der Waals surface area contributed by atoms with Crippen LogP contribution in [0.3, 0.4) is 0 Å². The molecule has 0 aliphatic heterocycles. The number of hydrogen-bond donors (Lipinski definition) is 3. The molecule has 0 aromatic carbocycles. The molecular weight excluding hydrogens is 936 g/mol. The van der Waals surface area contributed by atoms with Crippen LogP contribution in [-0.2, 0) is 54.5 Å². The zero-order valence-electron chi connectivity index (χ0n) is 22.3. The van der Waals surface area contributed by atoms with E-state index in [4.69, 9.17) is 5.41 Å². The third-order valence-electron chi connectivity index (χ3n) is 3.45. The summed E-state index contributed by atoms with van der Waals surface area (Å²) in [6, 6.07) is 0. The number of guanidine groups is 1. The first-order valence-corrected chi connectivity index (χ1v) is 17.4. The van der Waals surface area contributed by atoms with Crippen molar-refractivity contribution in [2.45, 2.75) is 36.6 Å². The van der Waals surface area contributed by atoms with Crippen LogP contribution in [0.5, 0.6) is 0 Å². The molecule has 240 valence electrons. The van der Waals surface area contributed by atoms with Gasteiger partial charge in [0.1, 0.15) is 36.6 Å². The van der Waals surface area contributed by atoms with Crippen LogP contribution in [-0.4, -0.2) is 269 Å². The minimum Gasteiger partial charge on any atom is -0.790 e. The number of nitrogens with one attached hydrogen (secondary N) is 1. The topological polar surface area (TPSA) is 510 Å². The summed E-state index contributed by atoms with van der Waals surface area (Å²) in [6.07, 6.45) is -21.5. The quantitative estimate of drug-likeness (QED) is 0.0707. The van der Waals surface area contributed by atoms with Gasteiger partial charge in [-0.25, -0.2) is 0 Å². The molecule has 0 unspecified atom stereocenters. The first-order chi connectivity index (χ1) is 17.3. The van der Waals surface area contributed by atoms with E-state index in [-0.39, 0.29) is 232 Å². The number of phosphoric ester groups is 6. The molecule has 0 radical (unpaired) electrons. The maximum absolute atomic E-state index is 11.1. The van der Waals surface area contributed by atoms with Gasteiger partial charge >= 0.3 is 226 Å². The van der Waals surface area contributed by atoms with Gasteiger partial charge < -0.3 is 125 Å². The molecule has 0 aromatic rings. The van der Waals surface area contributed by atoms with E-state index in [0.29, 0.717) is 0 Å². The monoisotopic (exact) mass is 947 g/mol. The summed E-state index contributed by atoms with van der Waals surface area (Å²) in [5.41, 5.74) is 8.94. The SMILES string of the molecule is N=C(N)N.O=P([O-])([O-])O[C@H]1[C@H](OP(=O)([O-])[O-])[C@@H](OP(=O)([O-])[O-])[C@H](OP(=O)([O-])[O-])[C@@H](OP(=O)([O-])[O-])[C@H]1OP(=O)([O-])[O-].[Ca+2].[Ca+2].[Ca+2].[Ca+2].[Ca+2].[Ca+2]. The van der Waals surface area contributed by atoms with Gasteiger partial charge in [0.2, 0.25) is 0 Å². The van der Waals surface area contributed by atoms with Crippen LogP contribution in [0.2, 0.25) is 0 Å². The Kier molecular flexibility index (Phi) is 41.5. The van der Waals surface area contributed by atoms with Crippen LogP contribution in [0.25, 0.3) is 0 Å². The Balaban J connectivity index is -0.000000286. The fourth-order valence-electron chi connectivity index (χ4n) is 2.74. The van der Waals surface area contributed by atoms with Gasteiger partial charge in [0.05, 0.1) is 46.9 Å². The van der Waals surface area contributed by atoms with Crippen LogP contribution in [0.15, 0.2) is 0 Å². The molecular formula is C7H11Ca6N3O24P6. The summed E-state index contributed by atoms with van der Waals surface area (Å²) in [4.78, 5) is 133. The number of rotatable bonds is 12. The van der Waals surface area contributed by atoms with Crippen molar-refractivity contribution >= 4 is 279 Å². The van der Waals surface area contributed by atoms with Crippen molar-refractivity contribution in [2.75, 3.05) is 0 Å². The Bertz CT molecular complexity index is 948. The Labute approximate surface area is 436 Å². The summed E-state index contributed by atoms with van der Waals surface area (Å²) in [5, 5.41) is 6.06. The summed E-state index contributed by atoms with van der Waals surface area (Å²) in [7, 11) is -40.1. The van der Waals surface area contributed by atoms with Crippen LogP contribution < -0.4 is 70.2 Å². The maximum atomic E-state index is 11.1. The van der Waals surface area contributed by atoms with Crippen molar-refractivity contribution in [1.29, 1.82) is 5.41 Å². The van der Waals surface area contributed by atoms with Gasteiger partial charge in [0.25, 0.3) is 0 Å². The van der Waals surface area contributed by atoms with Gasteiger partial charge in [-0.05, 0) is 0 Å². The largest absolute Gasteiger partial charge is 2.00 e. The molecule has 27 nitrogen and oxygen atoms in total. The molecule has 39 heteroatoms. The maximum Gasteiger partial charge on any atom is 2.00 e. The zero-order chi connectivity index (χ0) is 32.3. The molecule has 0 amide bonds. The molecule has 46 heavy (non-hydrogen) atoms. The third kappa shape index (κ3) is 34.7. The Morgan fingerprint density at radius 3 is 0.478 bits per heavy atom. The van der Waals surface area contributed by atoms with E-state index in [0.717, 1.165) is 0 Å². The summed E-state index contributed by atoms with van der Waals surface area (Å²) in [6.45, 7) is 0. The molecule has 0 saturated heterocycles. The third-order valence-corrected chi connectivity index (χ3v) is 6.46. The van der Waals surface area contributed by atoms with Crippen LogP contribution in [0.4, 0.5) is 0 Å². The molecule has 1 aliphatic carbocycles. The predicted molar refractivity (Wildman–Crippen MR) is 126 cm³/mol. The number of hydrogen-bond acceptors (Lipinski definition) is 25. The minimum absolute atomic E-state index is 0. The van der Waals surface area contributed by atoms with E-state index in [2.05, 4.69) is 38.6 Å². The molecule has 0 heterocycles. The summed E-state index contributed by atoms with van der Waals surface area (Å²) in [5.74, 6) is -0.333. The van der Waals surface area contributed by atoms with E-state index in [9.17, 15) is 86.1 Å². The second-order valence-electron chi connectivity index (χ2n) is 6.56. The molecule has 5 N–H and O–H groups in total. The molecule has 1 saturated carbocycles. The van der Waals surface area contributed by atoms with Gasteiger partial charge in [0, 0.05) is 0 Å². The van der Waals surface area contributed by atoms with Gasteiger partial charge in [-0.1, -0.05) is 0 Å². The first kappa shape index (κ1) is 68.2. The van der Waals surface area contributed by atoms with E-state index in [1.807, 2.05) is 0 Å². The Morgan fingerprint density at radius 2 is 0.435 bits per heavy atom. The Hall–Kier alpha value is 7.49. The van der Waals surface area contributed by atoms with E-state index >= 15 is 0 Å². The molecule has 0 bridgehead atoms. The van der Waals surface area contributed by atoms with E-state index in [1.54, 1.807) is 0 Å². The van der Waals surface area contributed by atoms with Crippen molar-refractivity contribution in [1.82, 2.24) is 0 Å². The molecule has 1 fully saturated rings. The predicted octanol–water partition coefficient (Wildman–Crippen LogP) is -14.2. The van der Waals surface area contributed by atoms with Crippen molar-refractivity contribution in [3.63, 3.8) is 0 Å². The van der Waals surface area contributed by atoms with Crippen LogP contribution in [0.1, 0.15) is 0 Å². The van der Waals surface area contributed by atoms with E-state index in [1.165, 1.54) is 0 Å². The average Bonchev–Trinajstić information content (AvgIpc) is 2.57. The molecule has 0 aromatic heterocycles. The van der Waals surface area contributed by atoms with Gasteiger partial charge in [-0.2, -0.15) is 0 Å². The first-order valence-electron chi connectivity index (χ1n) is 8.62. The van der Waals surface area contributed by atoms with Crippen molar-refractivity contribution in [3.05, 3.63) is 0 Å². The van der Waals surface area contributed by atoms with Crippen molar-refractivity contribution in [2.24, 2.45) is 11.5 Å². The smallest absolute Gasteiger partial charge is 0.790 e. The van der Waals surface area contributed by atoms with Gasteiger partial charge in [-0.15, -0.1) is 0 Å². The Morgan fingerprint density at radius 1 is 0.370 bits per heavy atom. The molecule has 1 aliphatic rings. The van der Waals surface area contributed by atoms with Crippen LogP contribution in [0, 0.1) is 5.41 Å². The second kappa shape index (κ2) is 28.0. The fourth-order valence-corrected chi connectivity index (χ4v) is 5.96. The normalized spacial score (nSPS) is 23.5. The molecule has 0 atom stereocenters. The fraction of sp³-hybridized carbons (Fsp3) is 0.857. The van der Waals surface area contributed by atoms with Crippen molar-refractivity contribution < 1.29 is 113 Å². The number of phosphoric acid groups is 6. The molecule has 0 spiro atoms. The van der Waals surface area contributed by atoms with Gasteiger partial charge in [-0.3, -0.25) is 5.41 Å². The molecule has 1 rings (SSSR count). The summed E-state index contributed by atoms with van der Waals surface area (Å²) >= 11 is 0. The number of nitrogens with two attached hydrogens (primary N) is 2. The second-order valence-corrected chi connectivity index (χ2v) is 13.2. The minimum atomic E-state index is -6.68.